The van der Waals surface area contributed by atoms with Crippen molar-refractivity contribution in [3.8, 4) is 11.3 Å². The van der Waals surface area contributed by atoms with E-state index in [1.165, 1.54) is 0 Å². The second-order valence-corrected chi connectivity index (χ2v) is 6.20. The van der Waals surface area contributed by atoms with Gasteiger partial charge in [0.05, 0.1) is 18.2 Å². The zero-order valence-corrected chi connectivity index (χ0v) is 13.3. The third-order valence-corrected chi connectivity index (χ3v) is 3.46. The zero-order valence-electron chi connectivity index (χ0n) is 13.3. The fourth-order valence-electron chi connectivity index (χ4n) is 2.67. The minimum atomic E-state index is 0.395. The van der Waals surface area contributed by atoms with Crippen LogP contribution < -0.4 is 5.73 Å². The summed E-state index contributed by atoms with van der Waals surface area (Å²) in [5.41, 5.74) is 7.96. The first-order chi connectivity index (χ1) is 9.97. The lowest BCUT2D eigenvalue weighted by Crippen LogP contribution is -2.25. The van der Waals surface area contributed by atoms with Crippen molar-refractivity contribution in [2.75, 3.05) is 26.4 Å². The molecule has 0 saturated carbocycles. The number of nitrogens with zero attached hydrogens (tertiary/aromatic N) is 4. The quantitative estimate of drug-likeness (QED) is 0.887. The molecule has 0 amide bonds. The van der Waals surface area contributed by atoms with Crippen LogP contribution in [0.4, 0.5) is 5.82 Å². The van der Waals surface area contributed by atoms with E-state index in [0.29, 0.717) is 17.8 Å². The molecular weight excluding hydrogens is 262 g/mol. The Kier molecular flexibility index (Phi) is 4.96. The number of aromatic nitrogens is 3. The van der Waals surface area contributed by atoms with Crippen LogP contribution in [-0.2, 0) is 0 Å². The summed E-state index contributed by atoms with van der Waals surface area (Å²) in [6.07, 6.45) is 6.67. The zero-order chi connectivity index (χ0) is 15.4. The van der Waals surface area contributed by atoms with Gasteiger partial charge < -0.3 is 15.2 Å². The topological polar surface area (TPSA) is 60.0 Å². The Hall–Kier alpha value is -1.88. The van der Waals surface area contributed by atoms with E-state index in [9.17, 15) is 0 Å². The summed E-state index contributed by atoms with van der Waals surface area (Å²) in [7, 11) is 4.21. The highest BCUT2D eigenvalue weighted by Gasteiger charge is 2.18. The SMILES string of the molecule is CC(C)CC(CN(C)C)n1cncc1-c1ccnc(N)c1. The van der Waals surface area contributed by atoms with Crippen molar-refractivity contribution < 1.29 is 0 Å². The predicted octanol–water partition coefficient (Wildman–Crippen LogP) is 2.68. The molecule has 0 bridgehead atoms. The summed E-state index contributed by atoms with van der Waals surface area (Å²) < 4.78 is 2.26. The molecule has 0 spiro atoms. The lowest BCUT2D eigenvalue weighted by atomic mass is 10.0. The van der Waals surface area contributed by atoms with E-state index >= 15 is 0 Å². The maximum absolute atomic E-state index is 5.80. The van der Waals surface area contributed by atoms with E-state index < -0.39 is 0 Å². The average Bonchev–Trinajstić information content (AvgIpc) is 2.85. The monoisotopic (exact) mass is 287 g/mol. The Morgan fingerprint density at radius 3 is 2.71 bits per heavy atom. The highest BCUT2D eigenvalue weighted by Crippen LogP contribution is 2.27. The number of pyridine rings is 1. The molecular formula is C16H25N5. The molecule has 0 aromatic carbocycles. The van der Waals surface area contributed by atoms with Crippen molar-refractivity contribution in [3.05, 3.63) is 30.9 Å². The normalized spacial score (nSPS) is 13.0. The second-order valence-electron chi connectivity index (χ2n) is 6.20. The molecule has 2 aromatic heterocycles. The van der Waals surface area contributed by atoms with Crippen molar-refractivity contribution >= 4 is 5.82 Å². The first kappa shape index (κ1) is 15.5. The van der Waals surface area contributed by atoms with Gasteiger partial charge in [0, 0.05) is 24.3 Å². The molecule has 0 aliphatic carbocycles. The summed E-state index contributed by atoms with van der Waals surface area (Å²) in [4.78, 5) is 10.6. The number of rotatable bonds is 6. The van der Waals surface area contributed by atoms with Gasteiger partial charge in [0.15, 0.2) is 0 Å². The van der Waals surface area contributed by atoms with Crippen LogP contribution in [0.5, 0.6) is 0 Å². The molecule has 114 valence electrons. The third kappa shape index (κ3) is 4.04. The van der Waals surface area contributed by atoms with Crippen molar-refractivity contribution in [2.24, 2.45) is 5.92 Å². The maximum Gasteiger partial charge on any atom is 0.123 e. The highest BCUT2D eigenvalue weighted by molar-refractivity contribution is 5.61. The lowest BCUT2D eigenvalue weighted by molar-refractivity contribution is 0.290. The molecule has 0 aliphatic rings. The maximum atomic E-state index is 5.80. The number of hydrogen-bond acceptors (Lipinski definition) is 4. The van der Waals surface area contributed by atoms with Crippen molar-refractivity contribution in [1.82, 2.24) is 19.4 Å². The van der Waals surface area contributed by atoms with E-state index in [1.807, 2.05) is 24.7 Å². The summed E-state index contributed by atoms with van der Waals surface area (Å²) in [6.45, 7) is 5.50. The van der Waals surface area contributed by atoms with Gasteiger partial charge in [-0.3, -0.25) is 0 Å². The molecule has 2 heterocycles. The van der Waals surface area contributed by atoms with Crippen LogP contribution in [0, 0.1) is 5.92 Å². The fraction of sp³-hybridized carbons (Fsp3) is 0.500. The number of likely N-dealkylation sites (N-methyl/N-ethyl adjacent to an activating group) is 1. The summed E-state index contributed by atoms with van der Waals surface area (Å²) in [5.74, 6) is 1.17. The Bertz CT molecular complexity index is 564. The number of imidazole rings is 1. The van der Waals surface area contributed by atoms with Crippen molar-refractivity contribution in [2.45, 2.75) is 26.3 Å². The van der Waals surface area contributed by atoms with Gasteiger partial charge in [-0.25, -0.2) is 9.97 Å². The van der Waals surface area contributed by atoms with Crippen molar-refractivity contribution in [1.29, 1.82) is 0 Å². The fourth-order valence-corrected chi connectivity index (χ4v) is 2.67. The first-order valence-corrected chi connectivity index (χ1v) is 7.36. The van der Waals surface area contributed by atoms with E-state index in [2.05, 4.69) is 47.4 Å². The van der Waals surface area contributed by atoms with Gasteiger partial charge in [0.1, 0.15) is 5.82 Å². The molecule has 2 aromatic rings. The summed E-state index contributed by atoms with van der Waals surface area (Å²) in [6, 6.07) is 4.27. The van der Waals surface area contributed by atoms with Gasteiger partial charge in [-0.15, -0.1) is 0 Å². The Morgan fingerprint density at radius 1 is 1.33 bits per heavy atom. The van der Waals surface area contributed by atoms with E-state index in [1.54, 1.807) is 6.20 Å². The summed E-state index contributed by atoms with van der Waals surface area (Å²) in [5, 5.41) is 0. The number of anilines is 1. The molecule has 0 aliphatic heterocycles. The van der Waals surface area contributed by atoms with Gasteiger partial charge in [-0.2, -0.15) is 0 Å². The third-order valence-electron chi connectivity index (χ3n) is 3.46. The van der Waals surface area contributed by atoms with E-state index in [0.717, 1.165) is 24.2 Å². The molecule has 5 nitrogen and oxygen atoms in total. The second kappa shape index (κ2) is 6.72. The van der Waals surface area contributed by atoms with Gasteiger partial charge in [0.2, 0.25) is 0 Å². The first-order valence-electron chi connectivity index (χ1n) is 7.36. The van der Waals surface area contributed by atoms with E-state index in [4.69, 9.17) is 5.73 Å². The molecule has 0 radical (unpaired) electrons. The smallest absolute Gasteiger partial charge is 0.123 e. The number of hydrogen-bond donors (Lipinski definition) is 1. The van der Waals surface area contributed by atoms with Gasteiger partial charge in [-0.05, 0) is 38.6 Å². The molecule has 2 N–H and O–H groups in total. The van der Waals surface area contributed by atoms with Crippen LogP contribution in [0.2, 0.25) is 0 Å². The van der Waals surface area contributed by atoms with Gasteiger partial charge in [-0.1, -0.05) is 13.8 Å². The van der Waals surface area contributed by atoms with Crippen LogP contribution in [0.25, 0.3) is 11.3 Å². The largest absolute Gasteiger partial charge is 0.384 e. The van der Waals surface area contributed by atoms with Crippen LogP contribution in [0.3, 0.4) is 0 Å². The molecule has 1 atom stereocenters. The molecule has 0 saturated heterocycles. The van der Waals surface area contributed by atoms with Crippen LogP contribution in [0.1, 0.15) is 26.3 Å². The average molecular weight is 287 g/mol. The molecule has 0 fully saturated rings. The summed E-state index contributed by atoms with van der Waals surface area (Å²) >= 11 is 0. The van der Waals surface area contributed by atoms with E-state index in [-0.39, 0.29) is 0 Å². The minimum absolute atomic E-state index is 0.395. The Morgan fingerprint density at radius 2 is 2.10 bits per heavy atom. The van der Waals surface area contributed by atoms with Gasteiger partial charge in [0.25, 0.3) is 0 Å². The van der Waals surface area contributed by atoms with Crippen LogP contribution in [-0.4, -0.2) is 40.1 Å². The number of nitrogen functional groups attached to an aromatic ring is 1. The standard InChI is InChI=1S/C16H25N5/c1-12(2)7-14(10-20(3)4)21-11-18-9-15(21)13-5-6-19-16(17)8-13/h5-6,8-9,11-12,14H,7,10H2,1-4H3,(H2,17,19). The molecule has 2 rings (SSSR count). The van der Waals surface area contributed by atoms with Gasteiger partial charge >= 0.3 is 0 Å². The lowest BCUT2D eigenvalue weighted by Gasteiger charge is -2.26. The highest BCUT2D eigenvalue weighted by atomic mass is 15.1. The number of nitrogens with two attached hydrogens (primary N) is 1. The Balaban J connectivity index is 2.36. The van der Waals surface area contributed by atoms with Crippen molar-refractivity contribution in [3.63, 3.8) is 0 Å². The molecule has 5 heteroatoms. The Labute approximate surface area is 126 Å². The van der Waals surface area contributed by atoms with Crippen LogP contribution >= 0.6 is 0 Å². The molecule has 1 unspecified atom stereocenters. The minimum Gasteiger partial charge on any atom is -0.384 e. The molecule has 21 heavy (non-hydrogen) atoms. The predicted molar refractivity (Wildman–Crippen MR) is 86.9 cm³/mol. The van der Waals surface area contributed by atoms with Crippen LogP contribution in [0.15, 0.2) is 30.9 Å².